The first-order chi connectivity index (χ1) is 17.0. The molecule has 0 spiro atoms. The third-order valence-electron chi connectivity index (χ3n) is 6.36. The topological polar surface area (TPSA) is 107 Å². The van der Waals surface area contributed by atoms with Crippen molar-refractivity contribution in [2.45, 2.75) is 50.9 Å². The maximum Gasteiger partial charge on any atom is 0.278 e. The van der Waals surface area contributed by atoms with E-state index in [0.717, 1.165) is 24.3 Å². The Hall–Kier alpha value is -3.98. The van der Waals surface area contributed by atoms with Crippen molar-refractivity contribution in [3.8, 4) is 11.6 Å². The molecule has 1 fully saturated rings. The Morgan fingerprint density at radius 2 is 1.94 bits per heavy atom. The number of allylic oxidation sites excluding steroid dienone is 2. The van der Waals surface area contributed by atoms with Gasteiger partial charge in [0, 0.05) is 11.9 Å². The Kier molecular flexibility index (Phi) is 5.14. The molecule has 0 amide bonds. The van der Waals surface area contributed by atoms with Gasteiger partial charge < -0.3 is 15.2 Å². The van der Waals surface area contributed by atoms with E-state index in [1.165, 1.54) is 0 Å². The number of aromatic nitrogens is 5. The molecule has 1 aliphatic heterocycles. The van der Waals surface area contributed by atoms with Gasteiger partial charge >= 0.3 is 0 Å². The molecule has 4 aromatic rings. The molecule has 1 atom stereocenters. The molecular formula is C26H26N6O3. The second-order valence-corrected chi connectivity index (χ2v) is 9.26. The van der Waals surface area contributed by atoms with Gasteiger partial charge in [0.05, 0.1) is 18.3 Å². The van der Waals surface area contributed by atoms with Crippen molar-refractivity contribution in [2.24, 2.45) is 0 Å². The molecule has 35 heavy (non-hydrogen) atoms. The lowest BCUT2D eigenvalue weighted by Gasteiger charge is -2.22. The van der Waals surface area contributed by atoms with Gasteiger partial charge in [-0.3, -0.25) is 4.79 Å². The SMILES string of the molecule is CC1(O)CC/C=C\Cn2c(=O)c3cnc(Nc4ccc(OC5CC5)cc4)nc3n2-c2cccc1n2. The molecule has 2 N–H and O–H groups in total. The van der Waals surface area contributed by atoms with Gasteiger partial charge in [0.2, 0.25) is 5.95 Å². The van der Waals surface area contributed by atoms with Crippen LogP contribution in [0, 0.1) is 0 Å². The van der Waals surface area contributed by atoms with Gasteiger partial charge in [-0.2, -0.15) is 4.98 Å². The van der Waals surface area contributed by atoms with Crippen LogP contribution in [0.2, 0.25) is 0 Å². The van der Waals surface area contributed by atoms with Crippen molar-refractivity contribution >= 4 is 22.7 Å². The third-order valence-corrected chi connectivity index (χ3v) is 6.36. The van der Waals surface area contributed by atoms with Crippen LogP contribution in [0.3, 0.4) is 0 Å². The van der Waals surface area contributed by atoms with Gasteiger partial charge in [-0.15, -0.1) is 0 Å². The van der Waals surface area contributed by atoms with E-state index in [9.17, 15) is 9.90 Å². The summed E-state index contributed by atoms with van der Waals surface area (Å²) in [5.74, 6) is 1.71. The molecule has 0 radical (unpaired) electrons. The highest BCUT2D eigenvalue weighted by molar-refractivity contribution is 5.77. The molecule has 1 saturated carbocycles. The molecular weight excluding hydrogens is 444 g/mol. The fraction of sp³-hybridized carbons (Fsp3) is 0.308. The lowest BCUT2D eigenvalue weighted by molar-refractivity contribution is 0.0443. The molecule has 1 unspecified atom stereocenters. The lowest BCUT2D eigenvalue weighted by atomic mass is 9.95. The average molecular weight is 471 g/mol. The molecule has 6 rings (SSSR count). The monoisotopic (exact) mass is 470 g/mol. The number of pyridine rings is 1. The van der Waals surface area contributed by atoms with E-state index in [0.29, 0.717) is 54.0 Å². The Balaban J connectivity index is 1.42. The summed E-state index contributed by atoms with van der Waals surface area (Å²) in [6, 6.07) is 13.1. The maximum atomic E-state index is 13.3. The van der Waals surface area contributed by atoms with Gasteiger partial charge in [0.1, 0.15) is 16.7 Å². The van der Waals surface area contributed by atoms with Gasteiger partial charge in [-0.05, 0) is 69.0 Å². The average Bonchev–Trinajstić information content (AvgIpc) is 3.63. The Labute approximate surface area is 201 Å². The zero-order valence-electron chi connectivity index (χ0n) is 19.4. The predicted octanol–water partition coefficient (Wildman–Crippen LogP) is 3.82. The highest BCUT2D eigenvalue weighted by Gasteiger charge is 2.26. The number of benzene rings is 1. The normalized spacial score (nSPS) is 20.6. The van der Waals surface area contributed by atoms with Gasteiger partial charge in [0.25, 0.3) is 5.56 Å². The number of anilines is 2. The standard InChI is InChI=1S/C26H26N6O3/c1-26(34)14-3-2-4-15-31-24(33)20-16-27-25(28-17-8-10-18(11-9-17)35-19-12-13-19)30-23(20)32(31)22-7-5-6-21(26)29-22/h2,4-11,16,19,34H,3,12-15H2,1H3,(H,27,28,30)/b4-2-. The van der Waals surface area contributed by atoms with Crippen LogP contribution in [-0.2, 0) is 12.1 Å². The van der Waals surface area contributed by atoms with Gasteiger partial charge in [-0.25, -0.2) is 19.3 Å². The Bertz CT molecular complexity index is 1480. The summed E-state index contributed by atoms with van der Waals surface area (Å²) in [4.78, 5) is 27.0. The van der Waals surface area contributed by atoms with Crippen molar-refractivity contribution in [3.63, 3.8) is 0 Å². The minimum atomic E-state index is -1.09. The van der Waals surface area contributed by atoms with Crippen LogP contribution in [0.4, 0.5) is 11.6 Å². The number of nitrogens with zero attached hydrogens (tertiary/aromatic N) is 5. The van der Waals surface area contributed by atoms with E-state index in [2.05, 4.69) is 15.3 Å². The minimum Gasteiger partial charge on any atom is -0.490 e. The molecule has 2 bridgehead atoms. The fourth-order valence-electron chi connectivity index (χ4n) is 4.24. The Morgan fingerprint density at radius 1 is 1.11 bits per heavy atom. The van der Waals surface area contributed by atoms with Crippen LogP contribution in [0.1, 0.15) is 38.3 Å². The van der Waals surface area contributed by atoms with E-state index in [4.69, 9.17) is 9.72 Å². The van der Waals surface area contributed by atoms with E-state index < -0.39 is 5.60 Å². The van der Waals surface area contributed by atoms with Crippen LogP contribution < -0.4 is 15.6 Å². The molecule has 178 valence electrons. The van der Waals surface area contributed by atoms with Crippen molar-refractivity contribution in [1.29, 1.82) is 0 Å². The van der Waals surface area contributed by atoms with Crippen LogP contribution in [0.15, 0.2) is 65.6 Å². The molecule has 2 aliphatic rings. The summed E-state index contributed by atoms with van der Waals surface area (Å²) in [7, 11) is 0. The first kappa shape index (κ1) is 21.5. The van der Waals surface area contributed by atoms with Crippen molar-refractivity contribution in [2.75, 3.05) is 5.32 Å². The number of hydrogen-bond acceptors (Lipinski definition) is 7. The van der Waals surface area contributed by atoms with Gasteiger partial charge in [0.15, 0.2) is 11.5 Å². The van der Waals surface area contributed by atoms with Crippen LogP contribution >= 0.6 is 0 Å². The molecule has 9 nitrogen and oxygen atoms in total. The van der Waals surface area contributed by atoms with Crippen LogP contribution in [0.25, 0.3) is 16.9 Å². The lowest BCUT2D eigenvalue weighted by Crippen LogP contribution is -2.24. The largest absolute Gasteiger partial charge is 0.490 e. The van der Waals surface area contributed by atoms with Crippen LogP contribution in [-0.4, -0.2) is 35.5 Å². The predicted molar refractivity (Wildman–Crippen MR) is 132 cm³/mol. The summed E-state index contributed by atoms with van der Waals surface area (Å²) in [5.41, 5.74) is 0.516. The number of ether oxygens (including phenoxy) is 1. The highest BCUT2D eigenvalue weighted by Crippen LogP contribution is 2.29. The second kappa shape index (κ2) is 8.35. The minimum absolute atomic E-state index is 0.198. The van der Waals surface area contributed by atoms with E-state index in [-0.39, 0.29) is 5.56 Å². The summed E-state index contributed by atoms with van der Waals surface area (Å²) in [6.45, 7) is 2.12. The number of hydrogen-bond donors (Lipinski definition) is 2. The second-order valence-electron chi connectivity index (χ2n) is 9.26. The quantitative estimate of drug-likeness (QED) is 0.437. The summed E-state index contributed by atoms with van der Waals surface area (Å²) >= 11 is 0. The molecule has 4 heterocycles. The number of rotatable bonds is 4. The fourth-order valence-corrected chi connectivity index (χ4v) is 4.24. The van der Waals surface area contributed by atoms with E-state index >= 15 is 0 Å². The summed E-state index contributed by atoms with van der Waals surface area (Å²) < 4.78 is 9.10. The number of nitrogens with one attached hydrogen (secondary N) is 1. The Morgan fingerprint density at radius 3 is 2.74 bits per heavy atom. The third kappa shape index (κ3) is 4.19. The van der Waals surface area contributed by atoms with Crippen LogP contribution in [0.5, 0.6) is 5.75 Å². The van der Waals surface area contributed by atoms with E-state index in [1.54, 1.807) is 28.6 Å². The van der Waals surface area contributed by atoms with Crippen molar-refractivity contribution < 1.29 is 9.84 Å². The summed E-state index contributed by atoms with van der Waals surface area (Å²) in [6.07, 6.45) is 9.22. The molecule has 1 aromatic carbocycles. The molecule has 3 aromatic heterocycles. The van der Waals surface area contributed by atoms with Crippen molar-refractivity contribution in [1.82, 2.24) is 24.3 Å². The summed E-state index contributed by atoms with van der Waals surface area (Å²) in [5, 5.41) is 14.6. The van der Waals surface area contributed by atoms with Crippen molar-refractivity contribution in [3.05, 3.63) is 76.9 Å². The highest BCUT2D eigenvalue weighted by atomic mass is 16.5. The molecule has 0 saturated heterocycles. The number of fused-ring (bicyclic) bond motifs is 6. The zero-order valence-corrected chi connectivity index (χ0v) is 19.4. The first-order valence-electron chi connectivity index (χ1n) is 11.9. The zero-order chi connectivity index (χ0) is 24.0. The number of aliphatic hydroxyl groups is 1. The molecule has 9 heteroatoms. The maximum absolute atomic E-state index is 13.3. The molecule has 1 aliphatic carbocycles. The first-order valence-corrected chi connectivity index (χ1v) is 11.9. The van der Waals surface area contributed by atoms with E-state index in [1.807, 2.05) is 48.6 Å². The van der Waals surface area contributed by atoms with Gasteiger partial charge in [-0.1, -0.05) is 18.2 Å². The smallest absolute Gasteiger partial charge is 0.278 e.